The van der Waals surface area contributed by atoms with Crippen molar-refractivity contribution in [2.45, 2.75) is 39.3 Å². The summed E-state index contributed by atoms with van der Waals surface area (Å²) in [6.07, 6.45) is 0.930. The molecule has 1 fully saturated rings. The van der Waals surface area contributed by atoms with Crippen LogP contribution in [0.4, 0.5) is 0 Å². The van der Waals surface area contributed by atoms with Gasteiger partial charge in [-0.05, 0) is 30.5 Å². The monoisotopic (exact) mass is 369 g/mol. The zero-order valence-electron chi connectivity index (χ0n) is 15.8. The van der Waals surface area contributed by atoms with E-state index < -0.39 is 0 Å². The van der Waals surface area contributed by atoms with Crippen LogP contribution < -0.4 is 10.5 Å². The van der Waals surface area contributed by atoms with E-state index in [1.807, 2.05) is 24.0 Å². The lowest BCUT2D eigenvalue weighted by molar-refractivity contribution is -0.135. The summed E-state index contributed by atoms with van der Waals surface area (Å²) in [6.45, 7) is 9.57. The number of nitrogens with zero attached hydrogens (tertiary/aromatic N) is 2. The summed E-state index contributed by atoms with van der Waals surface area (Å²) in [5.41, 5.74) is 7.34. The van der Waals surface area contributed by atoms with Gasteiger partial charge in [-0.2, -0.15) is 0 Å². The fourth-order valence-electron chi connectivity index (χ4n) is 3.15. The predicted octanol–water partition coefficient (Wildman–Crippen LogP) is 2.70. The van der Waals surface area contributed by atoms with Crippen molar-refractivity contribution in [2.24, 2.45) is 11.7 Å². The quantitative estimate of drug-likeness (QED) is 0.837. The molecule has 0 aliphatic carbocycles. The highest BCUT2D eigenvalue weighted by Gasteiger charge is 2.29. The van der Waals surface area contributed by atoms with Gasteiger partial charge in [0.15, 0.2) is 0 Å². The number of piperazine rings is 1. The third-order valence-electron chi connectivity index (χ3n) is 5.29. The summed E-state index contributed by atoms with van der Waals surface area (Å²) in [5.74, 6) is 1.21. The van der Waals surface area contributed by atoms with E-state index in [-0.39, 0.29) is 30.3 Å². The number of rotatable bonds is 6. The molecule has 25 heavy (non-hydrogen) atoms. The van der Waals surface area contributed by atoms with Crippen LogP contribution in [0.25, 0.3) is 0 Å². The van der Waals surface area contributed by atoms with Gasteiger partial charge in [-0.3, -0.25) is 9.69 Å². The number of hydrogen-bond donors (Lipinski definition) is 1. The smallest absolute Gasteiger partial charge is 0.239 e. The minimum atomic E-state index is -0.377. The molecule has 1 heterocycles. The Labute approximate surface area is 157 Å². The van der Waals surface area contributed by atoms with Crippen molar-refractivity contribution >= 4 is 18.3 Å². The topological polar surface area (TPSA) is 58.8 Å². The number of methoxy groups -OCH3 is 1. The molecule has 0 radical (unpaired) electrons. The number of nitrogens with two attached hydrogens (primary N) is 1. The Hall–Kier alpha value is -1.30. The SMILES string of the molecule is CCC(C)C(N)C(=O)N1CCN(C(C)c2cccc(OC)c2)CC1.Cl. The molecule has 2 N–H and O–H groups in total. The molecule has 6 heteroatoms. The molecule has 0 bridgehead atoms. The maximum absolute atomic E-state index is 12.5. The van der Waals surface area contributed by atoms with Gasteiger partial charge in [-0.25, -0.2) is 0 Å². The van der Waals surface area contributed by atoms with E-state index in [2.05, 4.69) is 30.9 Å². The fraction of sp³-hybridized carbons (Fsp3) is 0.632. The second-order valence-electron chi connectivity index (χ2n) is 6.73. The molecule has 1 aromatic carbocycles. The molecular formula is C19H32ClN3O2. The zero-order valence-corrected chi connectivity index (χ0v) is 16.6. The molecule has 5 nitrogen and oxygen atoms in total. The van der Waals surface area contributed by atoms with E-state index in [0.29, 0.717) is 6.04 Å². The van der Waals surface area contributed by atoms with Gasteiger partial charge in [0.25, 0.3) is 0 Å². The van der Waals surface area contributed by atoms with Crippen molar-refractivity contribution in [1.82, 2.24) is 9.80 Å². The first-order valence-corrected chi connectivity index (χ1v) is 8.90. The first-order chi connectivity index (χ1) is 11.5. The lowest BCUT2D eigenvalue weighted by Crippen LogP contribution is -2.54. The largest absolute Gasteiger partial charge is 0.497 e. The molecule has 3 unspecified atom stereocenters. The van der Waals surface area contributed by atoms with Crippen LogP contribution in [0.3, 0.4) is 0 Å². The van der Waals surface area contributed by atoms with Crippen LogP contribution in [0.1, 0.15) is 38.8 Å². The molecule has 1 aromatic rings. The summed E-state index contributed by atoms with van der Waals surface area (Å²) >= 11 is 0. The molecule has 142 valence electrons. The first kappa shape index (κ1) is 21.7. The summed E-state index contributed by atoms with van der Waals surface area (Å²) in [4.78, 5) is 16.8. The molecule has 3 atom stereocenters. The normalized spacial score (nSPS) is 18.8. The number of halogens is 1. The summed E-state index contributed by atoms with van der Waals surface area (Å²) in [6, 6.07) is 8.13. The minimum Gasteiger partial charge on any atom is -0.497 e. The molecule has 1 saturated heterocycles. The van der Waals surface area contributed by atoms with Gasteiger partial charge in [0.05, 0.1) is 13.2 Å². The lowest BCUT2D eigenvalue weighted by atomic mass is 9.98. The molecule has 1 amide bonds. The van der Waals surface area contributed by atoms with E-state index in [1.165, 1.54) is 5.56 Å². The standard InChI is InChI=1S/C19H31N3O2.ClH/c1-5-14(2)18(20)19(23)22-11-9-21(10-12-22)15(3)16-7-6-8-17(13-16)24-4;/h6-8,13-15,18H,5,9-12,20H2,1-4H3;1H. The number of ether oxygens (including phenoxy) is 1. The van der Waals surface area contributed by atoms with Gasteiger partial charge in [-0.15, -0.1) is 12.4 Å². The Morgan fingerprint density at radius 1 is 1.24 bits per heavy atom. The number of carbonyl (C=O) groups is 1. The molecule has 0 spiro atoms. The Bertz CT molecular complexity index is 547. The Balaban J connectivity index is 0.00000312. The Morgan fingerprint density at radius 3 is 2.44 bits per heavy atom. The van der Waals surface area contributed by atoms with Gasteiger partial charge < -0.3 is 15.4 Å². The van der Waals surface area contributed by atoms with E-state index in [4.69, 9.17) is 10.5 Å². The average Bonchev–Trinajstić information content (AvgIpc) is 2.65. The number of carbonyl (C=O) groups excluding carboxylic acids is 1. The van der Waals surface area contributed by atoms with E-state index in [1.54, 1.807) is 7.11 Å². The van der Waals surface area contributed by atoms with Crippen molar-refractivity contribution in [3.05, 3.63) is 29.8 Å². The molecule has 0 saturated carbocycles. The third-order valence-corrected chi connectivity index (χ3v) is 5.29. The maximum Gasteiger partial charge on any atom is 0.239 e. The van der Waals surface area contributed by atoms with E-state index in [0.717, 1.165) is 38.3 Å². The lowest BCUT2D eigenvalue weighted by Gasteiger charge is -2.39. The van der Waals surface area contributed by atoms with Crippen molar-refractivity contribution in [1.29, 1.82) is 0 Å². The minimum absolute atomic E-state index is 0. The average molecular weight is 370 g/mol. The predicted molar refractivity (Wildman–Crippen MR) is 104 cm³/mol. The van der Waals surface area contributed by atoms with Crippen LogP contribution in [-0.4, -0.2) is 55.0 Å². The summed E-state index contributed by atoms with van der Waals surface area (Å²) in [7, 11) is 1.69. The number of hydrogen-bond acceptors (Lipinski definition) is 4. The highest BCUT2D eigenvalue weighted by Crippen LogP contribution is 2.25. The summed E-state index contributed by atoms with van der Waals surface area (Å²) < 4.78 is 5.31. The molecule has 1 aliphatic heterocycles. The second kappa shape index (κ2) is 10.00. The van der Waals surface area contributed by atoms with Crippen LogP contribution in [0.2, 0.25) is 0 Å². The van der Waals surface area contributed by atoms with Gasteiger partial charge in [0.1, 0.15) is 5.75 Å². The highest BCUT2D eigenvalue weighted by atomic mass is 35.5. The van der Waals surface area contributed by atoms with Gasteiger partial charge in [0.2, 0.25) is 5.91 Å². The first-order valence-electron chi connectivity index (χ1n) is 8.90. The summed E-state index contributed by atoms with van der Waals surface area (Å²) in [5, 5.41) is 0. The van der Waals surface area contributed by atoms with Crippen molar-refractivity contribution in [2.75, 3.05) is 33.3 Å². The number of amides is 1. The Kier molecular flexibility index (Phi) is 8.69. The zero-order chi connectivity index (χ0) is 17.7. The third kappa shape index (κ3) is 5.33. The van der Waals surface area contributed by atoms with Gasteiger partial charge in [0, 0.05) is 32.2 Å². The Morgan fingerprint density at radius 2 is 1.88 bits per heavy atom. The van der Waals surface area contributed by atoms with Crippen molar-refractivity contribution in [3.8, 4) is 5.75 Å². The number of benzene rings is 1. The van der Waals surface area contributed by atoms with E-state index in [9.17, 15) is 4.79 Å². The second-order valence-corrected chi connectivity index (χ2v) is 6.73. The maximum atomic E-state index is 12.5. The van der Waals surface area contributed by atoms with Crippen LogP contribution >= 0.6 is 12.4 Å². The van der Waals surface area contributed by atoms with Gasteiger partial charge in [-0.1, -0.05) is 32.4 Å². The van der Waals surface area contributed by atoms with Crippen molar-refractivity contribution in [3.63, 3.8) is 0 Å². The molecule has 1 aliphatic rings. The molecular weight excluding hydrogens is 338 g/mol. The van der Waals surface area contributed by atoms with Crippen LogP contribution in [0, 0.1) is 5.92 Å². The fourth-order valence-corrected chi connectivity index (χ4v) is 3.15. The van der Waals surface area contributed by atoms with Crippen LogP contribution in [0.15, 0.2) is 24.3 Å². The van der Waals surface area contributed by atoms with Crippen LogP contribution in [0.5, 0.6) is 5.75 Å². The highest BCUT2D eigenvalue weighted by molar-refractivity contribution is 5.85. The molecule has 0 aromatic heterocycles. The van der Waals surface area contributed by atoms with E-state index >= 15 is 0 Å². The van der Waals surface area contributed by atoms with Crippen molar-refractivity contribution < 1.29 is 9.53 Å². The van der Waals surface area contributed by atoms with Gasteiger partial charge >= 0.3 is 0 Å². The molecule has 2 rings (SSSR count). The van der Waals surface area contributed by atoms with Crippen LogP contribution in [-0.2, 0) is 4.79 Å².